The lowest BCUT2D eigenvalue weighted by Crippen LogP contribution is -2.47. The third kappa shape index (κ3) is 5.75. The van der Waals surface area contributed by atoms with Crippen molar-refractivity contribution in [3.05, 3.63) is 147 Å². The van der Waals surface area contributed by atoms with E-state index in [1.807, 2.05) is 48.1 Å². The van der Waals surface area contributed by atoms with Crippen LogP contribution in [0.1, 0.15) is 60.5 Å². The molecule has 8 heteroatoms. The number of aliphatic hydroxyl groups is 1. The van der Waals surface area contributed by atoms with Crippen LogP contribution in [0.25, 0.3) is 22.0 Å². The van der Waals surface area contributed by atoms with Gasteiger partial charge in [-0.3, -0.25) is 14.6 Å². The summed E-state index contributed by atoms with van der Waals surface area (Å²) in [5.74, 6) is 12.1. The van der Waals surface area contributed by atoms with Gasteiger partial charge in [0, 0.05) is 50.8 Å². The minimum atomic E-state index is -1.32. The SMILES string of the molecule is NN(C(=O)c1ccc(C#Cc2cccc(C(=O)C(O)c3ccccc3)c2-c2ccc3cc[nH]c3c2)cc1)C1CCc2ncsc2C1. The molecule has 0 saturated carbocycles. The molecule has 0 bridgehead atoms. The quantitative estimate of drug-likeness (QED) is 0.0647. The van der Waals surface area contributed by atoms with E-state index in [0.717, 1.165) is 41.4 Å². The predicted molar refractivity (Wildman–Crippen MR) is 180 cm³/mol. The summed E-state index contributed by atoms with van der Waals surface area (Å²) in [5.41, 5.74) is 8.09. The Morgan fingerprint density at radius 1 is 0.978 bits per heavy atom. The Balaban J connectivity index is 1.18. The standard InChI is InChI=1S/C38H30N4O3S/c39-42(30-17-18-32-34(22-30)46-23-41-32)38(45)28-13-10-24(11-14-28)9-12-26-7-4-8-31(37(44)36(43)27-5-2-1-3-6-27)35(26)29-16-15-25-19-20-40-33(25)21-29/h1-8,10-11,13-16,19-21,23,30,36,40,43H,17-18,22,39H2. The van der Waals surface area contributed by atoms with E-state index >= 15 is 0 Å². The van der Waals surface area contributed by atoms with Gasteiger partial charge in [0.15, 0.2) is 5.78 Å². The van der Waals surface area contributed by atoms with Crippen molar-refractivity contribution in [2.75, 3.05) is 0 Å². The first-order chi connectivity index (χ1) is 22.5. The third-order valence-electron chi connectivity index (χ3n) is 8.50. The Hall–Kier alpha value is -5.33. The highest BCUT2D eigenvalue weighted by Crippen LogP contribution is 2.33. The maximum Gasteiger partial charge on any atom is 0.268 e. The predicted octanol–water partition coefficient (Wildman–Crippen LogP) is 6.48. The van der Waals surface area contributed by atoms with Crippen LogP contribution in [0.4, 0.5) is 0 Å². The van der Waals surface area contributed by atoms with E-state index in [2.05, 4.69) is 21.8 Å². The summed E-state index contributed by atoms with van der Waals surface area (Å²) in [6.45, 7) is 0. The van der Waals surface area contributed by atoms with E-state index in [-0.39, 0.29) is 11.9 Å². The molecule has 46 heavy (non-hydrogen) atoms. The second-order valence-electron chi connectivity index (χ2n) is 11.3. The number of ketones is 1. The molecule has 0 radical (unpaired) electrons. The molecule has 0 aliphatic heterocycles. The van der Waals surface area contributed by atoms with Gasteiger partial charge in [0.25, 0.3) is 5.91 Å². The van der Waals surface area contributed by atoms with Crippen molar-refractivity contribution in [1.29, 1.82) is 0 Å². The number of hydrogen-bond acceptors (Lipinski definition) is 6. The Labute approximate surface area is 270 Å². The second kappa shape index (κ2) is 12.6. The highest BCUT2D eigenvalue weighted by atomic mass is 32.1. The molecule has 0 fully saturated rings. The van der Waals surface area contributed by atoms with Gasteiger partial charge in [-0.2, -0.15) is 0 Å². The number of thiazole rings is 1. The lowest BCUT2D eigenvalue weighted by Gasteiger charge is -2.30. The molecule has 7 rings (SSSR count). The molecular weight excluding hydrogens is 593 g/mol. The molecule has 0 spiro atoms. The number of amides is 1. The third-order valence-corrected chi connectivity index (χ3v) is 9.40. The average molecular weight is 623 g/mol. The van der Waals surface area contributed by atoms with Crippen molar-refractivity contribution >= 4 is 33.9 Å². The van der Waals surface area contributed by atoms with Crippen LogP contribution < -0.4 is 5.84 Å². The number of aromatic amines is 1. The summed E-state index contributed by atoms with van der Waals surface area (Å²) in [7, 11) is 0. The molecule has 2 unspecified atom stereocenters. The zero-order chi connectivity index (χ0) is 31.6. The molecule has 4 N–H and O–H groups in total. The summed E-state index contributed by atoms with van der Waals surface area (Å²) < 4.78 is 0. The summed E-state index contributed by atoms with van der Waals surface area (Å²) in [5, 5.41) is 13.4. The number of aryl methyl sites for hydroxylation is 1. The van der Waals surface area contributed by atoms with E-state index in [0.29, 0.717) is 33.4 Å². The monoisotopic (exact) mass is 622 g/mol. The van der Waals surface area contributed by atoms with Crippen molar-refractivity contribution in [1.82, 2.24) is 15.0 Å². The minimum Gasteiger partial charge on any atom is -0.380 e. The molecule has 2 aromatic heterocycles. The first kappa shape index (κ1) is 29.4. The summed E-state index contributed by atoms with van der Waals surface area (Å²) >= 11 is 1.61. The fraction of sp³-hybridized carbons (Fsp3) is 0.132. The number of rotatable bonds is 6. The fourth-order valence-electron chi connectivity index (χ4n) is 5.98. The summed E-state index contributed by atoms with van der Waals surface area (Å²) in [6, 6.07) is 29.2. The van der Waals surface area contributed by atoms with Crippen LogP contribution in [-0.2, 0) is 12.8 Å². The molecular formula is C38H30N4O3S. The van der Waals surface area contributed by atoms with E-state index in [9.17, 15) is 14.7 Å². The highest BCUT2D eigenvalue weighted by Gasteiger charge is 2.28. The van der Waals surface area contributed by atoms with Gasteiger partial charge in [-0.25, -0.2) is 10.8 Å². The zero-order valence-electron chi connectivity index (χ0n) is 24.8. The number of aromatic nitrogens is 2. The van der Waals surface area contributed by atoms with Crippen LogP contribution in [0.3, 0.4) is 0 Å². The van der Waals surface area contributed by atoms with Gasteiger partial charge in [-0.05, 0) is 71.8 Å². The van der Waals surface area contributed by atoms with Gasteiger partial charge < -0.3 is 10.1 Å². The molecule has 1 aliphatic rings. The number of nitrogens with zero attached hydrogens (tertiary/aromatic N) is 2. The smallest absolute Gasteiger partial charge is 0.268 e. The summed E-state index contributed by atoms with van der Waals surface area (Å²) in [4.78, 5) is 35.8. The molecule has 1 amide bonds. The maximum absolute atomic E-state index is 13.7. The number of nitrogens with two attached hydrogens (primary N) is 1. The lowest BCUT2D eigenvalue weighted by molar-refractivity contribution is 0.0661. The fourth-order valence-corrected chi connectivity index (χ4v) is 6.87. The van der Waals surface area contributed by atoms with Gasteiger partial charge in [-0.1, -0.05) is 66.4 Å². The first-order valence-electron chi connectivity index (χ1n) is 15.1. The molecule has 2 heterocycles. The van der Waals surface area contributed by atoms with Gasteiger partial charge in [-0.15, -0.1) is 11.3 Å². The van der Waals surface area contributed by atoms with Crippen molar-refractivity contribution in [2.45, 2.75) is 31.4 Å². The number of aliphatic hydroxyl groups excluding tert-OH is 1. The van der Waals surface area contributed by atoms with Crippen molar-refractivity contribution in [2.24, 2.45) is 5.84 Å². The number of hydrazine groups is 1. The largest absolute Gasteiger partial charge is 0.380 e. The molecule has 0 saturated heterocycles. The summed E-state index contributed by atoms with van der Waals surface area (Å²) in [6.07, 6.45) is 2.87. The Morgan fingerprint density at radius 2 is 1.80 bits per heavy atom. The molecule has 1 aliphatic carbocycles. The van der Waals surface area contributed by atoms with Gasteiger partial charge in [0.2, 0.25) is 0 Å². The zero-order valence-corrected chi connectivity index (χ0v) is 25.6. The van der Waals surface area contributed by atoms with Crippen molar-refractivity contribution < 1.29 is 14.7 Å². The van der Waals surface area contributed by atoms with Crippen LogP contribution in [0.15, 0.2) is 109 Å². The van der Waals surface area contributed by atoms with E-state index in [1.165, 1.54) is 9.89 Å². The molecule has 6 aromatic rings. The average Bonchev–Trinajstić information content (AvgIpc) is 3.79. The molecule has 4 aromatic carbocycles. The molecule has 7 nitrogen and oxygen atoms in total. The lowest BCUT2D eigenvalue weighted by atomic mass is 9.89. The maximum atomic E-state index is 13.7. The van der Waals surface area contributed by atoms with Crippen LogP contribution in [0.2, 0.25) is 0 Å². The normalized spacial score (nSPS) is 14.6. The van der Waals surface area contributed by atoms with Crippen LogP contribution in [-0.4, -0.2) is 37.8 Å². The molecule has 2 atom stereocenters. The molecule has 226 valence electrons. The Morgan fingerprint density at radius 3 is 2.63 bits per heavy atom. The van der Waals surface area contributed by atoms with E-state index < -0.39 is 11.9 Å². The number of fused-ring (bicyclic) bond motifs is 2. The first-order valence-corrected chi connectivity index (χ1v) is 15.9. The number of Topliss-reactive ketones (excluding diaryl/α,β-unsaturated/α-hetero) is 1. The van der Waals surface area contributed by atoms with E-state index in [4.69, 9.17) is 5.84 Å². The van der Waals surface area contributed by atoms with Crippen molar-refractivity contribution in [3.8, 4) is 23.0 Å². The number of carbonyl (C=O) groups is 2. The van der Waals surface area contributed by atoms with Gasteiger partial charge >= 0.3 is 0 Å². The highest BCUT2D eigenvalue weighted by molar-refractivity contribution is 7.09. The second-order valence-corrected chi connectivity index (χ2v) is 12.3. The van der Waals surface area contributed by atoms with Gasteiger partial charge in [0.1, 0.15) is 6.10 Å². The Bertz CT molecular complexity index is 2120. The van der Waals surface area contributed by atoms with Crippen LogP contribution in [0, 0.1) is 11.8 Å². The Kier molecular flexibility index (Phi) is 8.04. The van der Waals surface area contributed by atoms with Gasteiger partial charge in [0.05, 0.1) is 17.2 Å². The number of H-pyrrole nitrogens is 1. The van der Waals surface area contributed by atoms with Crippen LogP contribution >= 0.6 is 11.3 Å². The van der Waals surface area contributed by atoms with Crippen molar-refractivity contribution in [3.63, 3.8) is 0 Å². The minimum absolute atomic E-state index is 0.0704. The number of nitrogens with one attached hydrogen (secondary N) is 1. The topological polar surface area (TPSA) is 112 Å². The number of benzene rings is 4. The number of hydrogen-bond donors (Lipinski definition) is 3. The number of carbonyl (C=O) groups excluding carboxylic acids is 2. The van der Waals surface area contributed by atoms with Crippen LogP contribution in [0.5, 0.6) is 0 Å². The van der Waals surface area contributed by atoms with E-state index in [1.54, 1.807) is 72.0 Å².